The van der Waals surface area contributed by atoms with Crippen molar-refractivity contribution in [2.75, 3.05) is 11.1 Å². The average Bonchev–Trinajstić information content (AvgIpc) is 2.92. The highest BCUT2D eigenvalue weighted by Gasteiger charge is 2.05. The lowest BCUT2D eigenvalue weighted by Crippen LogP contribution is -1.98. The third kappa shape index (κ3) is 2.14. The molecule has 0 aliphatic heterocycles. The Bertz CT molecular complexity index is 688. The summed E-state index contributed by atoms with van der Waals surface area (Å²) < 4.78 is 6.45. The summed E-state index contributed by atoms with van der Waals surface area (Å²) in [5, 5.41) is 4.03. The summed E-state index contributed by atoms with van der Waals surface area (Å²) in [6, 6.07) is 5.69. The molecule has 3 aromatic rings. The molecule has 0 bridgehead atoms. The summed E-state index contributed by atoms with van der Waals surface area (Å²) in [5.74, 6) is 1.47. The van der Waals surface area contributed by atoms with Crippen molar-refractivity contribution in [3.8, 4) is 0 Å². The number of oxazole rings is 1. The van der Waals surface area contributed by atoms with Crippen LogP contribution in [0.4, 0.5) is 10.8 Å². The van der Waals surface area contributed by atoms with E-state index < -0.39 is 0 Å². The van der Waals surface area contributed by atoms with Crippen LogP contribution in [0.5, 0.6) is 0 Å². The molecule has 5 nitrogen and oxygen atoms in total. The first kappa shape index (κ1) is 11.0. The number of rotatable bonds is 3. The van der Waals surface area contributed by atoms with Crippen molar-refractivity contribution in [3.05, 3.63) is 36.0 Å². The fourth-order valence-electron chi connectivity index (χ4n) is 1.65. The molecule has 2 heterocycles. The van der Waals surface area contributed by atoms with Gasteiger partial charge in [-0.2, -0.15) is 0 Å². The van der Waals surface area contributed by atoms with E-state index in [0.717, 1.165) is 26.8 Å². The Morgan fingerprint density at radius 1 is 1.44 bits per heavy atom. The van der Waals surface area contributed by atoms with Gasteiger partial charge in [0.15, 0.2) is 5.13 Å². The van der Waals surface area contributed by atoms with Gasteiger partial charge in [0.1, 0.15) is 5.76 Å². The highest BCUT2D eigenvalue weighted by molar-refractivity contribution is 7.22. The number of hydrogen-bond acceptors (Lipinski definition) is 6. The number of aryl methyl sites for hydroxylation is 1. The molecule has 0 aliphatic carbocycles. The summed E-state index contributed by atoms with van der Waals surface area (Å²) >= 11 is 1.57. The fraction of sp³-hybridized carbons (Fsp3) is 0.167. The van der Waals surface area contributed by atoms with Crippen LogP contribution in [-0.4, -0.2) is 9.97 Å². The number of hydrogen-bond donors (Lipinski definition) is 2. The molecule has 0 atom stereocenters. The van der Waals surface area contributed by atoms with Gasteiger partial charge in [-0.25, -0.2) is 9.97 Å². The first-order valence-corrected chi connectivity index (χ1v) is 6.33. The third-order valence-corrected chi connectivity index (χ3v) is 3.45. The highest BCUT2D eigenvalue weighted by Crippen LogP contribution is 2.27. The molecule has 3 N–H and O–H groups in total. The van der Waals surface area contributed by atoms with Crippen molar-refractivity contribution in [1.82, 2.24) is 9.97 Å². The summed E-state index contributed by atoms with van der Waals surface area (Å²) in [6.07, 6.45) is 1.70. The van der Waals surface area contributed by atoms with E-state index in [9.17, 15) is 0 Å². The molecule has 6 heteroatoms. The van der Waals surface area contributed by atoms with Gasteiger partial charge in [0.2, 0.25) is 5.89 Å². The Morgan fingerprint density at radius 3 is 3.11 bits per heavy atom. The molecule has 18 heavy (non-hydrogen) atoms. The number of anilines is 2. The summed E-state index contributed by atoms with van der Waals surface area (Å²) in [4.78, 5) is 8.58. The number of aromatic nitrogens is 2. The summed E-state index contributed by atoms with van der Waals surface area (Å²) in [7, 11) is 0. The zero-order valence-electron chi connectivity index (χ0n) is 9.80. The van der Waals surface area contributed by atoms with Gasteiger partial charge in [-0.15, -0.1) is 0 Å². The number of nitrogens with two attached hydrogens (primary N) is 1. The van der Waals surface area contributed by atoms with Crippen LogP contribution in [0, 0.1) is 6.92 Å². The Morgan fingerprint density at radius 2 is 2.33 bits per heavy atom. The number of nitrogens with one attached hydrogen (secondary N) is 1. The topological polar surface area (TPSA) is 77.0 Å². The minimum absolute atomic E-state index is 0.531. The minimum Gasteiger partial charge on any atom is -0.444 e. The predicted molar refractivity (Wildman–Crippen MR) is 72.6 cm³/mol. The van der Waals surface area contributed by atoms with Gasteiger partial charge in [-0.3, -0.25) is 0 Å². The monoisotopic (exact) mass is 260 g/mol. The predicted octanol–water partition coefficient (Wildman–Crippen LogP) is 2.79. The van der Waals surface area contributed by atoms with Gasteiger partial charge in [0, 0.05) is 5.69 Å². The summed E-state index contributed by atoms with van der Waals surface area (Å²) in [6.45, 7) is 2.40. The van der Waals surface area contributed by atoms with Gasteiger partial charge in [-0.05, 0) is 25.1 Å². The second-order valence-corrected chi connectivity index (χ2v) is 5.00. The molecule has 1 aromatic carbocycles. The maximum Gasteiger partial charge on any atom is 0.213 e. The largest absolute Gasteiger partial charge is 0.444 e. The van der Waals surface area contributed by atoms with E-state index in [4.69, 9.17) is 10.2 Å². The van der Waals surface area contributed by atoms with Crippen molar-refractivity contribution in [3.63, 3.8) is 0 Å². The average molecular weight is 260 g/mol. The Hall–Kier alpha value is -2.08. The highest BCUT2D eigenvalue weighted by atomic mass is 32.1. The van der Waals surface area contributed by atoms with Crippen LogP contribution in [0.2, 0.25) is 0 Å². The second kappa shape index (κ2) is 4.30. The van der Waals surface area contributed by atoms with E-state index in [-0.39, 0.29) is 0 Å². The maximum atomic E-state index is 5.73. The zero-order valence-corrected chi connectivity index (χ0v) is 10.6. The van der Waals surface area contributed by atoms with E-state index in [0.29, 0.717) is 12.4 Å². The zero-order chi connectivity index (χ0) is 12.5. The van der Waals surface area contributed by atoms with E-state index in [1.807, 2.05) is 25.1 Å². The molecule has 0 saturated carbocycles. The lowest BCUT2D eigenvalue weighted by molar-refractivity contribution is 0.479. The Labute approximate surface area is 108 Å². The quantitative estimate of drug-likeness (QED) is 0.708. The maximum absolute atomic E-state index is 5.73. The number of nitrogens with zero attached hydrogens (tertiary/aromatic N) is 2. The normalized spacial score (nSPS) is 10.9. The van der Waals surface area contributed by atoms with E-state index in [2.05, 4.69) is 15.3 Å². The molecular weight excluding hydrogens is 248 g/mol. The van der Waals surface area contributed by atoms with Crippen LogP contribution < -0.4 is 11.1 Å². The van der Waals surface area contributed by atoms with Crippen molar-refractivity contribution in [1.29, 1.82) is 0 Å². The van der Waals surface area contributed by atoms with E-state index in [1.54, 1.807) is 17.5 Å². The standard InChI is InChI=1S/C12H12N4OS/c1-7-5-14-11(17-7)6-15-12-16-9-3-2-8(13)4-10(9)18-12/h2-5H,6,13H2,1H3,(H,15,16). The SMILES string of the molecule is Cc1cnc(CNc2nc3ccc(N)cc3s2)o1. The molecular formula is C12H12N4OS. The lowest BCUT2D eigenvalue weighted by Gasteiger charge is -1.96. The Balaban J connectivity index is 1.78. The van der Waals surface area contributed by atoms with Crippen molar-refractivity contribution in [2.24, 2.45) is 0 Å². The van der Waals surface area contributed by atoms with Crippen LogP contribution in [0.3, 0.4) is 0 Å². The van der Waals surface area contributed by atoms with Crippen molar-refractivity contribution < 1.29 is 4.42 Å². The third-order valence-electron chi connectivity index (χ3n) is 2.47. The lowest BCUT2D eigenvalue weighted by atomic mass is 10.3. The molecule has 92 valence electrons. The van der Waals surface area contributed by atoms with Crippen LogP contribution in [0.15, 0.2) is 28.8 Å². The first-order valence-electron chi connectivity index (χ1n) is 5.52. The number of benzene rings is 1. The second-order valence-electron chi connectivity index (χ2n) is 3.96. The van der Waals surface area contributed by atoms with Crippen molar-refractivity contribution in [2.45, 2.75) is 13.5 Å². The molecule has 0 unspecified atom stereocenters. The summed E-state index contributed by atoms with van der Waals surface area (Å²) in [5.41, 5.74) is 7.43. The fourth-order valence-corrected chi connectivity index (χ4v) is 2.56. The van der Waals surface area contributed by atoms with Gasteiger partial charge < -0.3 is 15.5 Å². The van der Waals surface area contributed by atoms with Gasteiger partial charge in [0.05, 0.1) is 23.0 Å². The van der Waals surface area contributed by atoms with Crippen LogP contribution in [0.1, 0.15) is 11.7 Å². The molecule has 3 rings (SSSR count). The number of nitrogen functional groups attached to an aromatic ring is 1. The Kier molecular flexibility index (Phi) is 2.64. The molecule has 0 amide bonds. The van der Waals surface area contributed by atoms with Crippen LogP contribution in [-0.2, 0) is 6.54 Å². The molecule has 0 fully saturated rings. The first-order chi connectivity index (χ1) is 8.70. The van der Waals surface area contributed by atoms with E-state index in [1.165, 1.54) is 0 Å². The molecule has 2 aromatic heterocycles. The molecule has 0 radical (unpaired) electrons. The molecule has 0 aliphatic rings. The van der Waals surface area contributed by atoms with Gasteiger partial charge in [-0.1, -0.05) is 11.3 Å². The van der Waals surface area contributed by atoms with Gasteiger partial charge >= 0.3 is 0 Å². The molecule has 0 saturated heterocycles. The molecule has 0 spiro atoms. The number of thiazole rings is 1. The van der Waals surface area contributed by atoms with Crippen molar-refractivity contribution >= 4 is 32.4 Å². The minimum atomic E-state index is 0.531. The number of fused-ring (bicyclic) bond motifs is 1. The smallest absolute Gasteiger partial charge is 0.213 e. The van der Waals surface area contributed by atoms with Gasteiger partial charge in [0.25, 0.3) is 0 Å². The van der Waals surface area contributed by atoms with E-state index >= 15 is 0 Å². The van der Waals surface area contributed by atoms with Crippen LogP contribution in [0.25, 0.3) is 10.2 Å². The van der Waals surface area contributed by atoms with Crippen LogP contribution >= 0.6 is 11.3 Å².